The Hall–Kier alpha value is -0.800. The van der Waals surface area contributed by atoms with Gasteiger partial charge in [0.2, 0.25) is 0 Å². The Labute approximate surface area is 111 Å². The third-order valence-electron chi connectivity index (χ3n) is 3.97. The molecule has 1 unspecified atom stereocenters. The van der Waals surface area contributed by atoms with Crippen LogP contribution in [0.5, 0.6) is 0 Å². The molecule has 1 atom stereocenters. The largest absolute Gasteiger partial charge is 0.468 e. The van der Waals surface area contributed by atoms with Gasteiger partial charge in [-0.25, -0.2) is 0 Å². The third kappa shape index (κ3) is 3.36. The monoisotopic (exact) mass is 250 g/mol. The van der Waals surface area contributed by atoms with E-state index in [2.05, 4.69) is 30.1 Å². The van der Waals surface area contributed by atoms with Crippen LogP contribution in [0.2, 0.25) is 0 Å². The maximum atomic E-state index is 5.59. The first-order valence-corrected chi connectivity index (χ1v) is 7.35. The van der Waals surface area contributed by atoms with Crippen LogP contribution >= 0.6 is 0 Å². The lowest BCUT2D eigenvalue weighted by molar-refractivity contribution is 0.135. The van der Waals surface area contributed by atoms with Gasteiger partial charge in [-0.3, -0.25) is 4.90 Å². The molecule has 1 aromatic rings. The highest BCUT2D eigenvalue weighted by atomic mass is 16.3. The fourth-order valence-electron chi connectivity index (χ4n) is 2.85. The third-order valence-corrected chi connectivity index (χ3v) is 3.97. The van der Waals surface area contributed by atoms with Gasteiger partial charge in [0, 0.05) is 18.2 Å². The zero-order valence-electron chi connectivity index (χ0n) is 11.7. The van der Waals surface area contributed by atoms with Gasteiger partial charge in [-0.05, 0) is 38.4 Å². The van der Waals surface area contributed by atoms with Crippen molar-refractivity contribution in [3.8, 4) is 0 Å². The summed E-state index contributed by atoms with van der Waals surface area (Å²) in [5.41, 5.74) is 1.36. The highest BCUT2D eigenvalue weighted by molar-refractivity contribution is 5.17. The van der Waals surface area contributed by atoms with E-state index in [0.717, 1.165) is 31.4 Å². The van der Waals surface area contributed by atoms with Gasteiger partial charge in [-0.15, -0.1) is 0 Å². The zero-order valence-corrected chi connectivity index (χ0v) is 11.7. The van der Waals surface area contributed by atoms with Crippen LogP contribution in [0.3, 0.4) is 0 Å². The van der Waals surface area contributed by atoms with E-state index < -0.39 is 0 Å². The average Bonchev–Trinajstić information content (AvgIpc) is 2.84. The molecule has 102 valence electrons. The molecule has 0 amide bonds. The van der Waals surface area contributed by atoms with Crippen molar-refractivity contribution in [3.63, 3.8) is 0 Å². The molecule has 2 rings (SSSR count). The number of likely N-dealkylation sites (tertiary alicyclic amines) is 1. The number of nitrogens with one attached hydrogen (secondary N) is 1. The first-order valence-electron chi connectivity index (χ1n) is 7.35. The summed E-state index contributed by atoms with van der Waals surface area (Å²) in [4.78, 5) is 2.63. The Morgan fingerprint density at radius 3 is 3.06 bits per heavy atom. The summed E-state index contributed by atoms with van der Waals surface area (Å²) in [6.07, 6.45) is 7.19. The molecule has 1 fully saturated rings. The summed E-state index contributed by atoms with van der Waals surface area (Å²) >= 11 is 0. The van der Waals surface area contributed by atoms with Crippen LogP contribution in [0, 0.1) is 0 Å². The number of piperidine rings is 1. The highest BCUT2D eigenvalue weighted by Gasteiger charge is 2.22. The van der Waals surface area contributed by atoms with E-state index in [-0.39, 0.29) is 0 Å². The zero-order chi connectivity index (χ0) is 12.8. The Bertz CT molecular complexity index is 348. The van der Waals surface area contributed by atoms with Crippen molar-refractivity contribution in [1.29, 1.82) is 0 Å². The Morgan fingerprint density at radius 1 is 1.39 bits per heavy atom. The number of rotatable bonds is 6. The van der Waals surface area contributed by atoms with E-state index in [9.17, 15) is 0 Å². The van der Waals surface area contributed by atoms with Crippen molar-refractivity contribution >= 4 is 0 Å². The second kappa shape index (κ2) is 6.95. The Kier molecular flexibility index (Phi) is 5.26. The lowest BCUT2D eigenvalue weighted by Crippen LogP contribution is -2.38. The number of furan rings is 1. The van der Waals surface area contributed by atoms with Crippen LogP contribution in [0.15, 0.2) is 16.7 Å². The quantitative estimate of drug-likeness (QED) is 0.840. The second-order valence-electron chi connectivity index (χ2n) is 5.18. The lowest BCUT2D eigenvalue weighted by Gasteiger charge is -2.35. The van der Waals surface area contributed by atoms with Gasteiger partial charge < -0.3 is 9.73 Å². The van der Waals surface area contributed by atoms with Crippen molar-refractivity contribution in [2.45, 2.75) is 58.7 Å². The van der Waals surface area contributed by atoms with Crippen LogP contribution in [-0.4, -0.2) is 24.0 Å². The summed E-state index contributed by atoms with van der Waals surface area (Å²) < 4.78 is 5.59. The number of nitrogens with zero attached hydrogens (tertiary/aromatic N) is 1. The molecule has 18 heavy (non-hydrogen) atoms. The minimum Gasteiger partial charge on any atom is -0.468 e. The van der Waals surface area contributed by atoms with Gasteiger partial charge in [0.15, 0.2) is 0 Å². The van der Waals surface area contributed by atoms with Crippen molar-refractivity contribution in [2.75, 3.05) is 13.1 Å². The van der Waals surface area contributed by atoms with Crippen molar-refractivity contribution in [2.24, 2.45) is 0 Å². The van der Waals surface area contributed by atoms with Crippen LogP contribution in [0.4, 0.5) is 0 Å². The van der Waals surface area contributed by atoms with E-state index in [1.54, 1.807) is 0 Å². The molecule has 3 nitrogen and oxygen atoms in total. The molecule has 0 spiro atoms. The highest BCUT2D eigenvalue weighted by Crippen LogP contribution is 2.23. The SMILES string of the molecule is CCNCc1occc1CN1CCCCC1CC. The van der Waals surface area contributed by atoms with E-state index in [4.69, 9.17) is 4.42 Å². The molecule has 1 aliphatic heterocycles. The molecule has 1 saturated heterocycles. The van der Waals surface area contributed by atoms with Crippen LogP contribution in [0.25, 0.3) is 0 Å². The number of hydrogen-bond donors (Lipinski definition) is 1. The van der Waals surface area contributed by atoms with E-state index >= 15 is 0 Å². The summed E-state index contributed by atoms with van der Waals surface area (Å²) in [5.74, 6) is 1.11. The predicted octanol–water partition coefficient (Wildman–Crippen LogP) is 3.15. The fourth-order valence-corrected chi connectivity index (χ4v) is 2.85. The second-order valence-corrected chi connectivity index (χ2v) is 5.18. The average molecular weight is 250 g/mol. The van der Waals surface area contributed by atoms with Gasteiger partial charge in [0.05, 0.1) is 12.8 Å². The molecular formula is C15H26N2O. The molecule has 2 heterocycles. The van der Waals surface area contributed by atoms with Gasteiger partial charge in [0.25, 0.3) is 0 Å². The van der Waals surface area contributed by atoms with Crippen molar-refractivity contribution in [1.82, 2.24) is 10.2 Å². The Balaban J connectivity index is 1.96. The fraction of sp³-hybridized carbons (Fsp3) is 0.733. The summed E-state index contributed by atoms with van der Waals surface area (Å²) in [5, 5.41) is 3.34. The number of hydrogen-bond acceptors (Lipinski definition) is 3. The van der Waals surface area contributed by atoms with Crippen LogP contribution in [-0.2, 0) is 13.1 Å². The maximum Gasteiger partial charge on any atom is 0.122 e. The molecule has 0 saturated carbocycles. The molecule has 1 aromatic heterocycles. The predicted molar refractivity (Wildman–Crippen MR) is 74.4 cm³/mol. The van der Waals surface area contributed by atoms with E-state index in [0.29, 0.717) is 0 Å². The molecule has 0 aromatic carbocycles. The molecule has 3 heteroatoms. The van der Waals surface area contributed by atoms with E-state index in [1.165, 1.54) is 37.8 Å². The van der Waals surface area contributed by atoms with Crippen molar-refractivity contribution < 1.29 is 4.42 Å². The minimum absolute atomic E-state index is 0.764. The van der Waals surface area contributed by atoms with Gasteiger partial charge in [-0.2, -0.15) is 0 Å². The molecule has 1 aliphatic rings. The van der Waals surface area contributed by atoms with Gasteiger partial charge >= 0.3 is 0 Å². The van der Waals surface area contributed by atoms with E-state index in [1.807, 2.05) is 6.26 Å². The topological polar surface area (TPSA) is 28.4 Å². The van der Waals surface area contributed by atoms with Crippen LogP contribution < -0.4 is 5.32 Å². The molecule has 0 bridgehead atoms. The molecule has 0 radical (unpaired) electrons. The normalized spacial score (nSPS) is 21.3. The smallest absolute Gasteiger partial charge is 0.122 e. The first kappa shape index (κ1) is 13.6. The Morgan fingerprint density at radius 2 is 2.28 bits per heavy atom. The molecular weight excluding hydrogens is 224 g/mol. The van der Waals surface area contributed by atoms with Gasteiger partial charge in [-0.1, -0.05) is 20.3 Å². The summed E-state index contributed by atoms with van der Waals surface area (Å²) in [7, 11) is 0. The summed E-state index contributed by atoms with van der Waals surface area (Å²) in [6.45, 7) is 8.56. The van der Waals surface area contributed by atoms with Gasteiger partial charge in [0.1, 0.15) is 5.76 Å². The molecule has 1 N–H and O–H groups in total. The van der Waals surface area contributed by atoms with Crippen LogP contribution in [0.1, 0.15) is 50.9 Å². The lowest BCUT2D eigenvalue weighted by atomic mass is 9.99. The maximum absolute atomic E-state index is 5.59. The minimum atomic E-state index is 0.764. The summed E-state index contributed by atoms with van der Waals surface area (Å²) in [6, 6.07) is 2.90. The molecule has 0 aliphatic carbocycles. The van der Waals surface area contributed by atoms with Crippen molar-refractivity contribution in [3.05, 3.63) is 23.7 Å². The first-order chi connectivity index (χ1) is 8.85. The standard InChI is InChI=1S/C15H26N2O/c1-3-14-7-5-6-9-17(14)12-13-8-10-18-15(13)11-16-4-2/h8,10,14,16H,3-7,9,11-12H2,1-2H3.